The van der Waals surface area contributed by atoms with Gasteiger partial charge in [-0.25, -0.2) is 46.8 Å². The molecule has 0 aliphatic carbocycles. The quantitative estimate of drug-likeness (QED) is 0.0647. The van der Waals surface area contributed by atoms with Gasteiger partial charge in [-0.2, -0.15) is 26.3 Å². The number of hydrogen-bond acceptors (Lipinski definition) is 19. The zero-order valence-electron chi connectivity index (χ0n) is 78.4. The average molecular weight is 2720 g/mol. The summed E-state index contributed by atoms with van der Waals surface area (Å²) in [5.41, 5.74) is 13.6. The Morgan fingerprint density at radius 1 is 0.376 bits per heavy atom. The van der Waals surface area contributed by atoms with Crippen molar-refractivity contribution in [1.82, 2.24) is 117 Å². The molecule has 0 aliphatic heterocycles. The number of fused-ring (bicyclic) bond motifs is 18. The molecule has 149 heavy (non-hydrogen) atoms. The molecule has 760 valence electrons. The molecule has 24 rings (SSSR count). The van der Waals surface area contributed by atoms with Crippen LogP contribution in [-0.2, 0) is 121 Å². The molecular weight excluding hydrogens is 2650 g/mol. The monoisotopic (exact) mass is 2730 g/mol. The van der Waals surface area contributed by atoms with E-state index in [9.17, 15) is 57.9 Å². The second-order valence-corrected chi connectivity index (χ2v) is 31.6. The van der Waals surface area contributed by atoms with Gasteiger partial charge in [-0.15, -0.1) is 48.5 Å². The van der Waals surface area contributed by atoms with Gasteiger partial charge in [0.1, 0.15) is 52.5 Å². The summed E-state index contributed by atoms with van der Waals surface area (Å²) in [5.74, 6) is -5.18. The molecule has 44 heteroatoms. The molecule has 24 aromatic rings. The van der Waals surface area contributed by atoms with Gasteiger partial charge in [0.2, 0.25) is 0 Å². The van der Waals surface area contributed by atoms with E-state index in [1.165, 1.54) is 24.8 Å². The Morgan fingerprint density at radius 2 is 0.765 bits per heavy atom. The number of para-hydroxylation sites is 4. The number of carbonyl (C=O) groups is 2. The Kier molecular flexibility index (Phi) is 36.3. The summed E-state index contributed by atoms with van der Waals surface area (Å²) < 4.78 is 149. The zero-order valence-corrected chi connectivity index (χ0v) is 87.9. The van der Waals surface area contributed by atoms with Crippen LogP contribution in [0.3, 0.4) is 0 Å². The maximum atomic E-state index is 13.3. The average Bonchev–Trinajstić information content (AvgIpc) is 1.66. The molecule has 0 fully saturated rings. The molecule has 20 aromatic heterocycles. The first-order chi connectivity index (χ1) is 69.7. The van der Waals surface area contributed by atoms with Crippen LogP contribution in [0.5, 0.6) is 0 Å². The molecule has 0 bridgehead atoms. The fourth-order valence-corrected chi connectivity index (χ4v) is 15.3. The molecule has 0 saturated heterocycles. The molecule has 0 unspecified atom stereocenters. The Morgan fingerprint density at radius 3 is 1.17 bits per heavy atom. The molecule has 4 radical (unpaired) electrons. The van der Waals surface area contributed by atoms with Crippen LogP contribution in [0.2, 0.25) is 0 Å². The smallest absolute Gasteiger partial charge is 0.431 e. The van der Waals surface area contributed by atoms with E-state index >= 15 is 0 Å². The molecular formula is C105H71F11Ir4N25O4-7. The summed E-state index contributed by atoms with van der Waals surface area (Å²) in [4.78, 5) is 77.4. The Balaban J connectivity index is 0.000000149. The third kappa shape index (κ3) is 25.4. The SMILES string of the molecule is Cc1cn(C)c(-c2[c-]cc(F)nc2F)n1.Cc1cn(C)c(-c2[c-]ccnc2F)n1.Cc1cn2c3ccccc3c3nc(C#N)c[c-]c3c2n1.Cc1cn2c3ccccc3c3ncc[c-]c3c2n1.Cn1c2ccccc2c2cc(C(=O)O)ncc21.Cn1c2ccccc2c2cc(C(=O)O)ncc21.FC(F)(F)c1cc(-c2ccccn2)[n-]n1.FC(F)(F)c1cc(-c2ccccn2)[n-]n1.Fc1c[c-]c(-c2ccccn2)c(F)n1.[Ir].[Ir].[Ir].[Ir]. The van der Waals surface area contributed by atoms with Crippen molar-refractivity contribution >= 4 is 110 Å². The molecule has 0 amide bonds. The van der Waals surface area contributed by atoms with Crippen molar-refractivity contribution in [2.24, 2.45) is 28.2 Å². The van der Waals surface area contributed by atoms with Crippen LogP contribution in [0.25, 0.3) is 155 Å². The molecule has 0 saturated carbocycles. The van der Waals surface area contributed by atoms with Gasteiger partial charge in [0.05, 0.1) is 58.1 Å². The minimum Gasteiger partial charge on any atom is -0.573 e. The van der Waals surface area contributed by atoms with Gasteiger partial charge in [-0.1, -0.05) is 160 Å². The summed E-state index contributed by atoms with van der Waals surface area (Å²) in [6.45, 7) is 7.62. The summed E-state index contributed by atoms with van der Waals surface area (Å²) in [7, 11) is 7.45. The summed E-state index contributed by atoms with van der Waals surface area (Å²) in [6, 6.07) is 75.1. The number of aromatic nitrogens is 24. The second kappa shape index (κ2) is 48.7. The van der Waals surface area contributed by atoms with Crippen LogP contribution in [0.15, 0.2) is 274 Å². The van der Waals surface area contributed by atoms with E-state index in [0.717, 1.165) is 146 Å². The van der Waals surface area contributed by atoms with Crippen molar-refractivity contribution in [3.8, 4) is 62.9 Å². The predicted molar refractivity (Wildman–Crippen MR) is 516 cm³/mol. The third-order valence-corrected chi connectivity index (χ3v) is 21.7. The number of benzene rings is 4. The van der Waals surface area contributed by atoms with Crippen LogP contribution >= 0.6 is 0 Å². The molecule has 2 N–H and O–H groups in total. The summed E-state index contributed by atoms with van der Waals surface area (Å²) >= 11 is 0. The number of carboxylic acid groups (broad SMARTS) is 2. The first-order valence-corrected chi connectivity index (χ1v) is 43.2. The first kappa shape index (κ1) is 111. The standard InChI is InChI=1S/C16H9N4.C15H10N3.2C13H10N2O2.C10H8F2N3.C10H5F2N2.C10H9FN3.2C9H5F3N3.4Ir/c1-10-9-20-14-5-3-2-4-12(14)15-13(16(20)18-10)7-6-11(8-17)19-15;1-10-9-18-13-7-3-2-5-11(13)14-12(15(18)17-10)6-4-8-16-14;2*1-15-11-5-3-2-4-8(11)9-6-10(13(16)17)14-7-12(9)15;1-6-5-15(2)10(13-6)7-3-4-8(11)14-9(7)12;11-9-5-4-7(10(12)14-9)8-3-1-2-6-13-8;1-7-6-14(2)10(13-7)8-4-3-5-12-9(8)11;2*10-9(11,12)8-5-7(14-15-8)6-3-1-2-4-13-6;;;;/h2-6,9H,1H3;2-5,7-9H,1H3;2*2-7H,1H3,(H,16,17);4-5H,1-2H3;1-3,5-6H;3,5-6H,1-2H3;2*1-5H;;;;/q2*-1;;;5*-1;;;;. The van der Waals surface area contributed by atoms with Crippen LogP contribution in [0.4, 0.5) is 48.3 Å². The largest absolute Gasteiger partial charge is 0.573 e. The first-order valence-electron chi connectivity index (χ1n) is 43.2. The molecule has 4 aromatic carbocycles. The van der Waals surface area contributed by atoms with Crippen LogP contribution in [0, 0.1) is 99.1 Å². The number of aryl methyl sites for hydroxylation is 8. The van der Waals surface area contributed by atoms with Crippen LogP contribution in [-0.4, -0.2) is 129 Å². The van der Waals surface area contributed by atoms with Gasteiger partial charge in [0, 0.05) is 230 Å². The minimum atomic E-state index is -4.46. The number of aromatic carboxylic acids is 2. The number of nitriles is 1. The van der Waals surface area contributed by atoms with Crippen molar-refractivity contribution in [1.29, 1.82) is 5.26 Å². The Hall–Kier alpha value is -16.5. The van der Waals surface area contributed by atoms with Gasteiger partial charge in [-0.05, 0) is 134 Å². The maximum absolute atomic E-state index is 13.3. The van der Waals surface area contributed by atoms with E-state index in [2.05, 4.69) is 154 Å². The van der Waals surface area contributed by atoms with E-state index in [0.29, 0.717) is 40.0 Å². The number of halogens is 11. The number of alkyl halides is 6. The van der Waals surface area contributed by atoms with E-state index in [4.69, 9.17) is 15.5 Å². The van der Waals surface area contributed by atoms with Crippen molar-refractivity contribution in [3.05, 3.63) is 386 Å². The van der Waals surface area contributed by atoms with Gasteiger partial charge in [0.15, 0.2) is 0 Å². The number of pyridine rings is 12. The van der Waals surface area contributed by atoms with Crippen molar-refractivity contribution < 1.29 is 149 Å². The minimum absolute atomic E-state index is 0. The Labute approximate surface area is 891 Å². The van der Waals surface area contributed by atoms with Gasteiger partial charge < -0.3 is 77.6 Å². The normalized spacial score (nSPS) is 10.8. The Bertz CT molecular complexity index is 8660. The van der Waals surface area contributed by atoms with Gasteiger partial charge >= 0.3 is 24.3 Å². The van der Waals surface area contributed by atoms with Crippen molar-refractivity contribution in [2.45, 2.75) is 40.0 Å². The maximum Gasteiger partial charge on any atom is 0.431 e. The molecule has 0 aliphatic rings. The van der Waals surface area contributed by atoms with E-state index in [1.54, 1.807) is 127 Å². The van der Waals surface area contributed by atoms with Gasteiger partial charge in [0.25, 0.3) is 0 Å². The molecule has 29 nitrogen and oxygen atoms in total. The number of imidazole rings is 4. The summed E-state index contributed by atoms with van der Waals surface area (Å²) in [5, 5.41) is 47.8. The topological polar surface area (TPSA) is 361 Å². The number of rotatable bonds is 7. The van der Waals surface area contributed by atoms with Crippen molar-refractivity contribution in [3.63, 3.8) is 0 Å². The number of carboxylic acids is 2. The van der Waals surface area contributed by atoms with Crippen LogP contribution < -0.4 is 10.2 Å². The number of nitrogens with zero attached hydrogens (tertiary/aromatic N) is 25. The fraction of sp³-hybridized carbons (Fsp3) is 0.0952. The van der Waals surface area contributed by atoms with E-state index < -0.39 is 65.4 Å². The molecule has 0 spiro atoms. The van der Waals surface area contributed by atoms with Crippen LogP contribution in [0.1, 0.15) is 60.8 Å². The third-order valence-electron chi connectivity index (χ3n) is 21.7. The molecule has 20 heterocycles. The van der Waals surface area contributed by atoms with E-state index in [-0.39, 0.29) is 114 Å². The fourth-order valence-electron chi connectivity index (χ4n) is 15.3. The zero-order chi connectivity index (χ0) is 103. The van der Waals surface area contributed by atoms with Gasteiger partial charge in [-0.3, -0.25) is 39.9 Å². The summed E-state index contributed by atoms with van der Waals surface area (Å²) in [6.07, 6.45) is 9.57. The van der Waals surface area contributed by atoms with E-state index in [1.807, 2.05) is 154 Å². The number of hydrogen-bond donors (Lipinski definition) is 2. The predicted octanol–water partition coefficient (Wildman–Crippen LogP) is 21.1. The second-order valence-electron chi connectivity index (χ2n) is 31.6. The van der Waals surface area contributed by atoms with Crippen molar-refractivity contribution in [2.75, 3.05) is 0 Å². The molecule has 0 atom stereocenters.